The number of hydrogen-bond donors (Lipinski definition) is 0. The van der Waals surface area contributed by atoms with E-state index in [1.54, 1.807) is 11.1 Å². The Bertz CT molecular complexity index is 614. The molecule has 2 heteroatoms. The summed E-state index contributed by atoms with van der Waals surface area (Å²) >= 11 is 3.57. The molecule has 1 aromatic rings. The molecule has 0 amide bonds. The van der Waals surface area contributed by atoms with Gasteiger partial charge in [0.05, 0.1) is 7.11 Å². The summed E-state index contributed by atoms with van der Waals surface area (Å²) in [7, 11) is 1.82. The van der Waals surface area contributed by atoms with E-state index in [2.05, 4.69) is 46.3 Å². The number of halogens is 1. The fraction of sp³-hybridized carbons (Fsp3) is 0.444. The molecule has 3 unspecified atom stereocenters. The van der Waals surface area contributed by atoms with Crippen LogP contribution in [-0.4, -0.2) is 7.11 Å². The average Bonchev–Trinajstić information content (AvgIpc) is 2.42. The van der Waals surface area contributed by atoms with Gasteiger partial charge in [0.1, 0.15) is 5.76 Å². The van der Waals surface area contributed by atoms with Gasteiger partial charge in [-0.3, -0.25) is 0 Å². The first-order valence-corrected chi connectivity index (χ1v) is 8.27. The van der Waals surface area contributed by atoms with Crippen molar-refractivity contribution in [3.05, 3.63) is 51.5 Å². The van der Waals surface area contributed by atoms with Crippen LogP contribution in [0.15, 0.2) is 46.0 Å². The first kappa shape index (κ1) is 12.7. The summed E-state index contributed by atoms with van der Waals surface area (Å²) in [5.41, 5.74) is 4.48. The highest BCUT2D eigenvalue weighted by molar-refractivity contribution is 9.10. The van der Waals surface area contributed by atoms with E-state index in [4.69, 9.17) is 4.74 Å². The number of ether oxygens (including phenoxy) is 1. The van der Waals surface area contributed by atoms with E-state index in [-0.39, 0.29) is 0 Å². The SMILES string of the molecule is CO/C(=C1\C2C=C3CC(C2)CC1C3)c1cccc(Br)c1. The van der Waals surface area contributed by atoms with Gasteiger partial charge in [0, 0.05) is 16.0 Å². The summed E-state index contributed by atoms with van der Waals surface area (Å²) in [6.07, 6.45) is 7.85. The standard InChI is InChI=1S/C18H19BrO/c1-20-18(13-3-2-4-16(19)10-13)17-14-6-11-5-12(8-14)9-15(17)7-11/h2-4,6,10,12,14-15H,5,7-9H2,1H3/b18-17+. The van der Waals surface area contributed by atoms with E-state index in [0.29, 0.717) is 5.92 Å². The van der Waals surface area contributed by atoms with Crippen LogP contribution in [0, 0.1) is 17.8 Å². The molecular formula is C18H19BrO. The fourth-order valence-corrected chi connectivity index (χ4v) is 4.91. The lowest BCUT2D eigenvalue weighted by Gasteiger charge is -2.47. The van der Waals surface area contributed by atoms with Gasteiger partial charge in [-0.2, -0.15) is 0 Å². The molecule has 4 aliphatic rings. The minimum Gasteiger partial charge on any atom is -0.496 e. The van der Waals surface area contributed by atoms with Crippen molar-refractivity contribution in [1.82, 2.24) is 0 Å². The maximum atomic E-state index is 5.85. The predicted molar refractivity (Wildman–Crippen MR) is 85.1 cm³/mol. The Morgan fingerprint density at radius 1 is 1.25 bits per heavy atom. The van der Waals surface area contributed by atoms with Gasteiger partial charge < -0.3 is 4.74 Å². The fourth-order valence-electron chi connectivity index (χ4n) is 4.51. The largest absolute Gasteiger partial charge is 0.496 e. The highest BCUT2D eigenvalue weighted by atomic mass is 79.9. The van der Waals surface area contributed by atoms with E-state index in [1.807, 2.05) is 7.11 Å². The zero-order valence-electron chi connectivity index (χ0n) is 11.7. The van der Waals surface area contributed by atoms with Crippen LogP contribution < -0.4 is 0 Å². The van der Waals surface area contributed by atoms with E-state index in [1.165, 1.54) is 31.2 Å². The van der Waals surface area contributed by atoms with Crippen molar-refractivity contribution in [3.8, 4) is 0 Å². The summed E-state index contributed by atoms with van der Waals surface area (Å²) in [6.45, 7) is 0. The lowest BCUT2D eigenvalue weighted by Crippen LogP contribution is -2.35. The third kappa shape index (κ3) is 1.96. The van der Waals surface area contributed by atoms with Crippen molar-refractivity contribution in [2.75, 3.05) is 7.11 Å². The van der Waals surface area contributed by atoms with Crippen molar-refractivity contribution < 1.29 is 4.74 Å². The van der Waals surface area contributed by atoms with Gasteiger partial charge in [0.2, 0.25) is 0 Å². The molecule has 0 heterocycles. The molecule has 20 heavy (non-hydrogen) atoms. The number of benzene rings is 1. The van der Waals surface area contributed by atoms with Gasteiger partial charge in [-0.05, 0) is 55.2 Å². The number of hydrogen-bond acceptors (Lipinski definition) is 1. The third-order valence-electron chi connectivity index (χ3n) is 5.09. The first-order chi connectivity index (χ1) is 9.74. The Hall–Kier alpha value is -1.02. The van der Waals surface area contributed by atoms with E-state index in [9.17, 15) is 0 Å². The van der Waals surface area contributed by atoms with Crippen molar-refractivity contribution >= 4 is 21.7 Å². The van der Waals surface area contributed by atoms with Crippen LogP contribution in [0.4, 0.5) is 0 Å². The highest BCUT2D eigenvalue weighted by Gasteiger charge is 2.42. The molecule has 3 atom stereocenters. The lowest BCUT2D eigenvalue weighted by atomic mass is 9.58. The molecule has 0 radical (unpaired) electrons. The molecule has 0 aliphatic heterocycles. The Balaban J connectivity index is 1.84. The van der Waals surface area contributed by atoms with E-state index >= 15 is 0 Å². The summed E-state index contributed by atoms with van der Waals surface area (Å²) in [6, 6.07) is 8.49. The zero-order valence-corrected chi connectivity index (χ0v) is 13.3. The van der Waals surface area contributed by atoms with Crippen LogP contribution in [0.3, 0.4) is 0 Å². The molecule has 1 nitrogen and oxygen atoms in total. The Labute approximate surface area is 128 Å². The van der Waals surface area contributed by atoms with Crippen LogP contribution in [0.5, 0.6) is 0 Å². The molecular weight excluding hydrogens is 312 g/mol. The van der Waals surface area contributed by atoms with Crippen LogP contribution in [-0.2, 0) is 4.74 Å². The minimum absolute atomic E-state index is 0.630. The average molecular weight is 331 g/mol. The third-order valence-corrected chi connectivity index (χ3v) is 5.59. The molecule has 0 N–H and O–H groups in total. The topological polar surface area (TPSA) is 9.23 Å². The van der Waals surface area contributed by atoms with Gasteiger partial charge >= 0.3 is 0 Å². The van der Waals surface area contributed by atoms with Crippen LogP contribution >= 0.6 is 15.9 Å². The Morgan fingerprint density at radius 2 is 2.15 bits per heavy atom. The highest BCUT2D eigenvalue weighted by Crippen LogP contribution is 2.54. The molecule has 104 valence electrons. The van der Waals surface area contributed by atoms with Gasteiger partial charge in [-0.1, -0.05) is 39.7 Å². The summed E-state index contributed by atoms with van der Waals surface area (Å²) in [5, 5.41) is 0. The molecule has 5 rings (SSSR count). The second kappa shape index (κ2) is 4.77. The number of rotatable bonds is 2. The summed E-state index contributed by atoms with van der Waals surface area (Å²) in [5.74, 6) is 3.41. The summed E-state index contributed by atoms with van der Waals surface area (Å²) in [4.78, 5) is 0. The maximum absolute atomic E-state index is 5.85. The van der Waals surface area contributed by atoms with Gasteiger partial charge in [-0.25, -0.2) is 0 Å². The summed E-state index contributed by atoms with van der Waals surface area (Å²) < 4.78 is 6.96. The molecule has 0 saturated heterocycles. The van der Waals surface area contributed by atoms with Crippen molar-refractivity contribution in [3.63, 3.8) is 0 Å². The van der Waals surface area contributed by atoms with Gasteiger partial charge in [0.15, 0.2) is 0 Å². The van der Waals surface area contributed by atoms with Crippen LogP contribution in [0.25, 0.3) is 5.76 Å². The Morgan fingerprint density at radius 3 is 2.85 bits per heavy atom. The molecule has 0 spiro atoms. The lowest BCUT2D eigenvalue weighted by molar-refractivity contribution is 0.224. The van der Waals surface area contributed by atoms with Crippen molar-refractivity contribution in [2.45, 2.75) is 25.7 Å². The van der Waals surface area contributed by atoms with Gasteiger partial charge in [0.25, 0.3) is 0 Å². The van der Waals surface area contributed by atoms with Crippen molar-refractivity contribution in [2.24, 2.45) is 17.8 Å². The molecule has 1 aromatic carbocycles. The van der Waals surface area contributed by atoms with Gasteiger partial charge in [-0.15, -0.1) is 0 Å². The molecule has 4 bridgehead atoms. The smallest absolute Gasteiger partial charge is 0.126 e. The maximum Gasteiger partial charge on any atom is 0.126 e. The first-order valence-electron chi connectivity index (χ1n) is 7.48. The second-order valence-electron chi connectivity index (χ2n) is 6.37. The molecule has 4 aliphatic carbocycles. The second-order valence-corrected chi connectivity index (χ2v) is 7.29. The van der Waals surface area contributed by atoms with Crippen LogP contribution in [0.2, 0.25) is 0 Å². The normalized spacial score (nSPS) is 33.1. The minimum atomic E-state index is 0.630. The molecule has 2 fully saturated rings. The number of methoxy groups -OCH3 is 1. The molecule has 0 aromatic heterocycles. The van der Waals surface area contributed by atoms with Crippen LogP contribution in [0.1, 0.15) is 31.2 Å². The predicted octanol–water partition coefficient (Wildman–Crippen LogP) is 5.18. The van der Waals surface area contributed by atoms with E-state index in [0.717, 1.165) is 22.1 Å². The molecule has 2 saturated carbocycles. The quantitative estimate of drug-likeness (QED) is 0.536. The number of allylic oxidation sites excluding steroid dienone is 3. The van der Waals surface area contributed by atoms with E-state index < -0.39 is 0 Å². The Kier molecular flexibility index (Phi) is 3.03. The zero-order chi connectivity index (χ0) is 13.7. The monoisotopic (exact) mass is 330 g/mol. The van der Waals surface area contributed by atoms with Crippen molar-refractivity contribution in [1.29, 1.82) is 0 Å².